The van der Waals surface area contributed by atoms with Crippen molar-refractivity contribution in [1.29, 1.82) is 0 Å². The van der Waals surface area contributed by atoms with Crippen LogP contribution in [0, 0.1) is 19.8 Å². The van der Waals surface area contributed by atoms with Crippen LogP contribution in [0.1, 0.15) is 48.2 Å². The van der Waals surface area contributed by atoms with Crippen molar-refractivity contribution in [2.75, 3.05) is 31.6 Å². The monoisotopic (exact) mass is 552 g/mol. The maximum absolute atomic E-state index is 13.8. The number of aromatic nitrogens is 2. The van der Waals surface area contributed by atoms with E-state index in [1.807, 2.05) is 32.0 Å². The van der Waals surface area contributed by atoms with E-state index < -0.39 is 10.0 Å². The molecule has 39 heavy (non-hydrogen) atoms. The number of rotatable bonds is 7. The van der Waals surface area contributed by atoms with Crippen LogP contribution in [0.4, 0.5) is 5.95 Å². The number of fused-ring (bicyclic) bond motifs is 4. The Morgan fingerprint density at radius 1 is 1.10 bits per heavy atom. The predicted octanol–water partition coefficient (Wildman–Crippen LogP) is 4.85. The molecule has 0 unspecified atom stereocenters. The van der Waals surface area contributed by atoms with Gasteiger partial charge in [-0.25, -0.2) is 18.1 Å². The number of anilines is 1. The lowest BCUT2D eigenvalue weighted by atomic mass is 10.00. The first-order valence-electron chi connectivity index (χ1n) is 13.1. The van der Waals surface area contributed by atoms with Crippen molar-refractivity contribution >= 4 is 21.9 Å². The van der Waals surface area contributed by atoms with Crippen molar-refractivity contribution in [1.82, 2.24) is 14.9 Å². The number of benzene rings is 2. The third-order valence-corrected chi connectivity index (χ3v) is 8.00. The number of nitrogens with zero attached hydrogens (tertiary/aromatic N) is 3. The zero-order valence-corrected chi connectivity index (χ0v) is 23.9. The molecule has 1 amide bonds. The molecule has 10 heteroatoms. The van der Waals surface area contributed by atoms with Gasteiger partial charge in [-0.3, -0.25) is 4.79 Å². The Balaban J connectivity index is 1.87. The van der Waals surface area contributed by atoms with Gasteiger partial charge in [0, 0.05) is 37.5 Å². The number of amides is 1. The lowest BCUT2D eigenvalue weighted by molar-refractivity contribution is 0.0548. The number of ether oxygens (including phenoxy) is 2. The molecule has 0 radical (unpaired) electrons. The minimum Gasteiger partial charge on any atom is -0.475 e. The summed E-state index contributed by atoms with van der Waals surface area (Å²) in [7, 11) is -2.47. The van der Waals surface area contributed by atoms with Crippen LogP contribution in [0.5, 0.6) is 5.88 Å². The first-order chi connectivity index (χ1) is 18.6. The van der Waals surface area contributed by atoms with E-state index in [2.05, 4.69) is 28.5 Å². The molecule has 0 aliphatic carbocycles. The quantitative estimate of drug-likeness (QED) is 0.417. The molecular formula is C29H36N4O5S. The largest absolute Gasteiger partial charge is 0.475 e. The van der Waals surface area contributed by atoms with Crippen LogP contribution < -0.4 is 9.46 Å². The Labute approximate surface area is 230 Å². The van der Waals surface area contributed by atoms with Gasteiger partial charge in [-0.05, 0) is 61.9 Å². The second-order valence-corrected chi connectivity index (χ2v) is 11.9. The van der Waals surface area contributed by atoms with Crippen LogP contribution in [0.25, 0.3) is 11.3 Å². The number of hydrogen-bond acceptors (Lipinski definition) is 7. The molecule has 0 saturated carbocycles. The minimum atomic E-state index is -4.09. The van der Waals surface area contributed by atoms with E-state index in [1.54, 1.807) is 30.2 Å². The second-order valence-electron chi connectivity index (χ2n) is 10.3. The molecular weight excluding hydrogens is 516 g/mol. The molecule has 0 fully saturated rings. The van der Waals surface area contributed by atoms with Gasteiger partial charge in [0.2, 0.25) is 11.8 Å². The van der Waals surface area contributed by atoms with Crippen molar-refractivity contribution in [2.24, 2.45) is 5.92 Å². The molecule has 208 valence electrons. The summed E-state index contributed by atoms with van der Waals surface area (Å²) in [6.45, 7) is 9.26. The number of aryl methyl sites for hydroxylation is 2. The fraction of sp³-hybridized carbons (Fsp3) is 0.414. The third kappa shape index (κ3) is 6.75. The van der Waals surface area contributed by atoms with Crippen molar-refractivity contribution in [3.8, 4) is 17.1 Å². The highest BCUT2D eigenvalue weighted by Gasteiger charge is 2.28. The summed E-state index contributed by atoms with van der Waals surface area (Å²) in [4.78, 5) is 24.5. The summed E-state index contributed by atoms with van der Waals surface area (Å²) < 4.78 is 40.7. The SMILES string of the molecule is COCCCN1C(=O)c2cccc(c2)S(=O)(=O)Nc2nc(cc(-c3c(C)cccc3C)n2)OC[C@H]1CC(C)C. The number of hydrogen-bond donors (Lipinski definition) is 1. The van der Waals surface area contributed by atoms with Crippen molar-refractivity contribution in [2.45, 2.75) is 51.5 Å². The Morgan fingerprint density at radius 3 is 2.51 bits per heavy atom. The van der Waals surface area contributed by atoms with Crippen LogP contribution in [-0.4, -0.2) is 62.1 Å². The summed E-state index contributed by atoms with van der Waals surface area (Å²) in [5.41, 5.74) is 3.70. The number of methoxy groups -OCH3 is 1. The molecule has 4 bridgehead atoms. The summed E-state index contributed by atoms with van der Waals surface area (Å²) in [5, 5.41) is 0. The Kier molecular flexibility index (Phi) is 8.87. The third-order valence-electron chi connectivity index (χ3n) is 6.67. The van der Waals surface area contributed by atoms with Crippen LogP contribution in [0.2, 0.25) is 0 Å². The highest BCUT2D eigenvalue weighted by molar-refractivity contribution is 7.92. The highest BCUT2D eigenvalue weighted by Crippen LogP contribution is 2.30. The van der Waals surface area contributed by atoms with E-state index in [0.717, 1.165) is 16.7 Å². The van der Waals surface area contributed by atoms with Gasteiger partial charge >= 0.3 is 0 Å². The number of carbonyl (C=O) groups excluding carboxylic acids is 1. The van der Waals surface area contributed by atoms with E-state index in [1.165, 1.54) is 12.1 Å². The molecule has 2 aromatic carbocycles. The van der Waals surface area contributed by atoms with E-state index >= 15 is 0 Å². The Bertz CT molecular complexity index is 1420. The first-order valence-corrected chi connectivity index (χ1v) is 14.6. The van der Waals surface area contributed by atoms with Gasteiger partial charge in [0.05, 0.1) is 16.6 Å². The average Bonchev–Trinajstić information content (AvgIpc) is 2.88. The Morgan fingerprint density at radius 2 is 1.82 bits per heavy atom. The smallest absolute Gasteiger partial charge is 0.264 e. The van der Waals surface area contributed by atoms with Gasteiger partial charge in [0.15, 0.2) is 0 Å². The van der Waals surface area contributed by atoms with Crippen LogP contribution >= 0.6 is 0 Å². The lowest BCUT2D eigenvalue weighted by Gasteiger charge is -2.33. The van der Waals surface area contributed by atoms with Crippen LogP contribution in [0.3, 0.4) is 0 Å². The number of nitrogens with one attached hydrogen (secondary N) is 1. The fourth-order valence-electron chi connectivity index (χ4n) is 4.87. The second kappa shape index (κ2) is 12.1. The van der Waals surface area contributed by atoms with E-state index in [9.17, 15) is 13.2 Å². The first kappa shape index (κ1) is 28.5. The minimum absolute atomic E-state index is 0.0478. The van der Waals surface area contributed by atoms with Crippen molar-refractivity contribution in [3.05, 3.63) is 65.2 Å². The normalized spacial score (nSPS) is 17.0. The summed E-state index contributed by atoms with van der Waals surface area (Å²) in [6, 6.07) is 13.4. The molecule has 9 nitrogen and oxygen atoms in total. The van der Waals surface area contributed by atoms with Crippen molar-refractivity contribution in [3.63, 3.8) is 0 Å². The summed E-state index contributed by atoms with van der Waals surface area (Å²) in [6.07, 6.45) is 1.32. The molecule has 1 aliphatic rings. The summed E-state index contributed by atoms with van der Waals surface area (Å²) in [5.74, 6) is 0.153. The average molecular weight is 553 g/mol. The molecule has 0 saturated heterocycles. The number of carbonyl (C=O) groups is 1. The Hall–Kier alpha value is -3.50. The molecule has 1 aromatic heterocycles. The molecule has 1 aliphatic heterocycles. The van der Waals surface area contributed by atoms with Gasteiger partial charge in [0.1, 0.15) is 6.61 Å². The molecule has 1 atom stereocenters. The van der Waals surface area contributed by atoms with E-state index in [4.69, 9.17) is 9.47 Å². The fourth-order valence-corrected chi connectivity index (χ4v) is 5.86. The van der Waals surface area contributed by atoms with Gasteiger partial charge < -0.3 is 14.4 Å². The zero-order valence-electron chi connectivity index (χ0n) is 23.1. The van der Waals surface area contributed by atoms with Crippen LogP contribution in [0.15, 0.2) is 53.4 Å². The van der Waals surface area contributed by atoms with Crippen LogP contribution in [-0.2, 0) is 14.8 Å². The van der Waals surface area contributed by atoms with Gasteiger partial charge in [0.25, 0.3) is 15.9 Å². The van der Waals surface area contributed by atoms with Crippen molar-refractivity contribution < 1.29 is 22.7 Å². The standard InChI is InChI=1S/C29H36N4O5S/c1-19(2)15-23-18-38-26-17-25(27-20(3)9-6-10-21(27)4)30-29(31-26)32-39(35,36)24-12-7-11-22(16-24)28(34)33(23)13-8-14-37-5/h6-7,9-12,16-17,19,23H,8,13-15,18H2,1-5H3,(H,30,31,32)/t23-/m1/s1. The van der Waals surface area contributed by atoms with E-state index in [-0.39, 0.29) is 46.8 Å². The maximum atomic E-state index is 13.8. The molecule has 2 heterocycles. The molecule has 0 spiro atoms. The van der Waals surface area contributed by atoms with Gasteiger partial charge in [-0.1, -0.05) is 38.1 Å². The summed E-state index contributed by atoms with van der Waals surface area (Å²) >= 11 is 0. The predicted molar refractivity (Wildman–Crippen MR) is 150 cm³/mol. The lowest BCUT2D eigenvalue weighted by Crippen LogP contribution is -2.45. The van der Waals surface area contributed by atoms with Gasteiger partial charge in [-0.2, -0.15) is 4.98 Å². The van der Waals surface area contributed by atoms with E-state index in [0.29, 0.717) is 31.7 Å². The zero-order chi connectivity index (χ0) is 28.2. The maximum Gasteiger partial charge on any atom is 0.264 e. The topological polar surface area (TPSA) is 111 Å². The number of sulfonamides is 1. The highest BCUT2D eigenvalue weighted by atomic mass is 32.2. The molecule has 4 rings (SSSR count). The molecule has 1 N–H and O–H groups in total. The molecule has 3 aromatic rings. The van der Waals surface area contributed by atoms with Gasteiger partial charge in [-0.15, -0.1) is 0 Å².